The first-order valence-corrected chi connectivity index (χ1v) is 6.20. The lowest BCUT2D eigenvalue weighted by molar-refractivity contribution is -0.117. The lowest BCUT2D eigenvalue weighted by atomic mass is 10.1. The molecule has 0 unspecified atom stereocenters. The van der Waals surface area contributed by atoms with Crippen molar-refractivity contribution in [2.75, 3.05) is 0 Å². The molecule has 1 aromatic carbocycles. The van der Waals surface area contributed by atoms with Crippen LogP contribution < -0.4 is 5.73 Å². The van der Waals surface area contributed by atoms with Gasteiger partial charge in [-0.2, -0.15) is 9.61 Å². The summed E-state index contributed by atoms with van der Waals surface area (Å²) in [6, 6.07) is 11.4. The number of primary amides is 1. The van der Waals surface area contributed by atoms with Crippen molar-refractivity contribution in [3.8, 4) is 11.3 Å². The minimum atomic E-state index is -0.347. The van der Waals surface area contributed by atoms with Gasteiger partial charge in [-0.3, -0.25) is 4.79 Å². The van der Waals surface area contributed by atoms with E-state index in [1.165, 1.54) is 0 Å². The van der Waals surface area contributed by atoms with Crippen molar-refractivity contribution in [3.05, 3.63) is 47.8 Å². The molecule has 0 aliphatic rings. The maximum Gasteiger partial charge on any atom is 0.221 e. The zero-order valence-electron chi connectivity index (χ0n) is 10.9. The molecular weight excluding hydrogens is 254 g/mol. The Bertz CT molecular complexity index is 793. The fourth-order valence-corrected chi connectivity index (χ4v) is 2.09. The van der Waals surface area contributed by atoms with E-state index in [2.05, 4.69) is 15.3 Å². The molecule has 2 heterocycles. The van der Waals surface area contributed by atoms with Crippen LogP contribution in [-0.2, 0) is 11.2 Å². The third kappa shape index (κ3) is 2.23. The zero-order chi connectivity index (χ0) is 14.1. The number of hydrogen-bond acceptors (Lipinski definition) is 4. The predicted molar refractivity (Wildman–Crippen MR) is 73.9 cm³/mol. The largest absolute Gasteiger partial charge is 0.369 e. The zero-order valence-corrected chi connectivity index (χ0v) is 10.9. The number of amides is 1. The molecule has 0 spiro atoms. The topological polar surface area (TPSA) is 86.2 Å². The van der Waals surface area contributed by atoms with Gasteiger partial charge in [-0.1, -0.05) is 18.2 Å². The molecule has 1 amide bonds. The molecule has 6 heteroatoms. The van der Waals surface area contributed by atoms with Crippen LogP contribution >= 0.6 is 0 Å². The van der Waals surface area contributed by atoms with E-state index in [0.717, 1.165) is 22.6 Å². The summed E-state index contributed by atoms with van der Waals surface area (Å²) >= 11 is 0. The van der Waals surface area contributed by atoms with Crippen molar-refractivity contribution in [3.63, 3.8) is 0 Å². The number of rotatable bonds is 3. The predicted octanol–water partition coefficient (Wildman–Crippen LogP) is 1.13. The van der Waals surface area contributed by atoms with Gasteiger partial charge in [-0.25, -0.2) is 0 Å². The number of aromatic nitrogens is 4. The van der Waals surface area contributed by atoms with Gasteiger partial charge < -0.3 is 5.73 Å². The molecule has 2 N–H and O–H groups in total. The molecule has 100 valence electrons. The van der Waals surface area contributed by atoms with Gasteiger partial charge in [0.15, 0.2) is 11.5 Å². The Balaban J connectivity index is 2.05. The van der Waals surface area contributed by atoms with Gasteiger partial charge in [0.25, 0.3) is 0 Å². The fraction of sp³-hybridized carbons (Fsp3) is 0.143. The third-order valence-electron chi connectivity index (χ3n) is 3.02. The van der Waals surface area contributed by atoms with Crippen molar-refractivity contribution < 1.29 is 4.79 Å². The number of nitrogens with two attached hydrogens (primary N) is 1. The van der Waals surface area contributed by atoms with Crippen molar-refractivity contribution in [2.45, 2.75) is 13.3 Å². The number of fused-ring (bicyclic) bond motifs is 1. The van der Waals surface area contributed by atoms with E-state index >= 15 is 0 Å². The second-order valence-corrected chi connectivity index (χ2v) is 4.58. The van der Waals surface area contributed by atoms with Crippen molar-refractivity contribution >= 4 is 11.6 Å². The molecule has 0 fully saturated rings. The highest BCUT2D eigenvalue weighted by Gasteiger charge is 2.06. The Hall–Kier alpha value is -2.76. The Kier molecular flexibility index (Phi) is 2.90. The van der Waals surface area contributed by atoms with Crippen molar-refractivity contribution in [1.29, 1.82) is 0 Å². The number of benzene rings is 1. The summed E-state index contributed by atoms with van der Waals surface area (Å²) in [7, 11) is 0. The molecule has 20 heavy (non-hydrogen) atoms. The molecule has 6 nitrogen and oxygen atoms in total. The van der Waals surface area contributed by atoms with Gasteiger partial charge in [-0.15, -0.1) is 10.2 Å². The van der Waals surface area contributed by atoms with E-state index in [4.69, 9.17) is 5.73 Å². The first-order chi connectivity index (χ1) is 9.63. The molecule has 0 aliphatic heterocycles. The number of aryl methyl sites for hydroxylation is 1. The van der Waals surface area contributed by atoms with Crippen LogP contribution in [0, 0.1) is 6.92 Å². The summed E-state index contributed by atoms with van der Waals surface area (Å²) in [4.78, 5) is 11.0. The molecule has 3 rings (SSSR count). The van der Waals surface area contributed by atoms with Crippen LogP contribution in [0.4, 0.5) is 0 Å². The first kappa shape index (κ1) is 12.3. The van der Waals surface area contributed by atoms with E-state index in [9.17, 15) is 4.79 Å². The summed E-state index contributed by atoms with van der Waals surface area (Å²) in [5.41, 5.74) is 8.53. The minimum absolute atomic E-state index is 0.224. The van der Waals surface area contributed by atoms with Crippen molar-refractivity contribution in [1.82, 2.24) is 19.8 Å². The van der Waals surface area contributed by atoms with Crippen LogP contribution in [0.3, 0.4) is 0 Å². The molecule has 2 aromatic heterocycles. The van der Waals surface area contributed by atoms with E-state index in [-0.39, 0.29) is 12.3 Å². The average molecular weight is 267 g/mol. The van der Waals surface area contributed by atoms with Crippen LogP contribution in [0.2, 0.25) is 0 Å². The van der Waals surface area contributed by atoms with Gasteiger partial charge in [0, 0.05) is 5.56 Å². The first-order valence-electron chi connectivity index (χ1n) is 6.20. The minimum Gasteiger partial charge on any atom is -0.369 e. The van der Waals surface area contributed by atoms with Crippen LogP contribution in [0.25, 0.3) is 16.9 Å². The SMILES string of the molecule is Cc1nnc2ccc(-c3cccc(CC(N)=O)c3)nn12. The third-order valence-corrected chi connectivity index (χ3v) is 3.02. The van der Waals surface area contributed by atoms with Crippen LogP contribution in [0.5, 0.6) is 0 Å². The van der Waals surface area contributed by atoms with E-state index < -0.39 is 0 Å². The Morgan fingerprint density at radius 3 is 2.90 bits per heavy atom. The molecule has 0 saturated heterocycles. The molecule has 0 aliphatic carbocycles. The molecule has 0 bridgehead atoms. The molecule has 0 saturated carbocycles. The summed E-state index contributed by atoms with van der Waals surface area (Å²) in [5.74, 6) is 0.385. The number of hydrogen-bond donors (Lipinski definition) is 1. The van der Waals surface area contributed by atoms with Crippen LogP contribution in [0.1, 0.15) is 11.4 Å². The van der Waals surface area contributed by atoms with E-state index in [1.807, 2.05) is 43.3 Å². The monoisotopic (exact) mass is 267 g/mol. The molecule has 0 radical (unpaired) electrons. The molecule has 3 aromatic rings. The second-order valence-electron chi connectivity index (χ2n) is 4.58. The number of carbonyl (C=O) groups excluding carboxylic acids is 1. The van der Waals surface area contributed by atoms with Gasteiger partial charge in [0.1, 0.15) is 0 Å². The second kappa shape index (κ2) is 4.73. The summed E-state index contributed by atoms with van der Waals surface area (Å²) in [6.45, 7) is 1.85. The lowest BCUT2D eigenvalue weighted by Crippen LogP contribution is -2.13. The highest BCUT2D eigenvalue weighted by Crippen LogP contribution is 2.19. The Morgan fingerprint density at radius 2 is 2.10 bits per heavy atom. The molecular formula is C14H13N5O. The summed E-state index contributed by atoms with van der Waals surface area (Å²) < 4.78 is 1.69. The maximum atomic E-state index is 11.0. The highest BCUT2D eigenvalue weighted by molar-refractivity contribution is 5.77. The van der Waals surface area contributed by atoms with Gasteiger partial charge >= 0.3 is 0 Å². The van der Waals surface area contributed by atoms with Gasteiger partial charge in [-0.05, 0) is 30.7 Å². The quantitative estimate of drug-likeness (QED) is 0.770. The number of carbonyl (C=O) groups is 1. The Morgan fingerprint density at radius 1 is 1.25 bits per heavy atom. The van der Waals surface area contributed by atoms with Crippen LogP contribution in [0.15, 0.2) is 36.4 Å². The van der Waals surface area contributed by atoms with E-state index in [0.29, 0.717) is 5.65 Å². The fourth-order valence-electron chi connectivity index (χ4n) is 2.09. The standard InChI is InChI=1S/C14H13N5O/c1-9-16-17-14-6-5-12(18-19(9)14)11-4-2-3-10(7-11)8-13(15)20/h2-7H,8H2,1H3,(H2,15,20). The van der Waals surface area contributed by atoms with Crippen molar-refractivity contribution in [2.24, 2.45) is 5.73 Å². The average Bonchev–Trinajstić information content (AvgIpc) is 2.80. The van der Waals surface area contributed by atoms with Gasteiger partial charge in [0.05, 0.1) is 12.1 Å². The van der Waals surface area contributed by atoms with Crippen LogP contribution in [-0.4, -0.2) is 25.7 Å². The van der Waals surface area contributed by atoms with Gasteiger partial charge in [0.2, 0.25) is 5.91 Å². The number of nitrogens with zero attached hydrogens (tertiary/aromatic N) is 4. The maximum absolute atomic E-state index is 11.0. The van der Waals surface area contributed by atoms with E-state index in [1.54, 1.807) is 4.52 Å². The molecule has 0 atom stereocenters. The smallest absolute Gasteiger partial charge is 0.221 e. The summed E-state index contributed by atoms with van der Waals surface area (Å²) in [6.07, 6.45) is 0.224. The highest BCUT2D eigenvalue weighted by atomic mass is 16.1. The Labute approximate surface area is 115 Å². The lowest BCUT2D eigenvalue weighted by Gasteiger charge is -2.04. The normalized spacial score (nSPS) is 10.8. The summed E-state index contributed by atoms with van der Waals surface area (Å²) in [5, 5.41) is 12.5.